The fourth-order valence-electron chi connectivity index (χ4n) is 2.49. The Morgan fingerprint density at radius 1 is 1.00 bits per heavy atom. The molecule has 10 heteroatoms. The topological polar surface area (TPSA) is 123 Å². The van der Waals surface area contributed by atoms with Crippen molar-refractivity contribution in [1.29, 1.82) is 0 Å². The Morgan fingerprint density at radius 2 is 1.63 bits per heavy atom. The number of nitrogens with two attached hydrogens (primary N) is 1. The summed E-state index contributed by atoms with van der Waals surface area (Å²) in [6.07, 6.45) is 0. The fraction of sp³-hybridized carbons (Fsp3) is 0.250. The van der Waals surface area contributed by atoms with E-state index < -0.39 is 24.5 Å². The second-order valence-corrected chi connectivity index (χ2v) is 6.34. The molecule has 160 valence electrons. The Labute approximate surface area is 171 Å². The maximum absolute atomic E-state index is 12.2. The lowest BCUT2D eigenvalue weighted by Gasteiger charge is -2.16. The molecule has 2 aromatic rings. The first-order valence-corrected chi connectivity index (χ1v) is 8.99. The average Bonchev–Trinajstić information content (AvgIpc) is 2.71. The maximum atomic E-state index is 12.2. The van der Waals surface area contributed by atoms with Crippen LogP contribution in [0.25, 0.3) is 0 Å². The van der Waals surface area contributed by atoms with Gasteiger partial charge >= 0.3 is 12.6 Å². The number of nitrogens with one attached hydrogen (secondary N) is 3. The molecule has 0 bridgehead atoms. The Kier molecular flexibility index (Phi) is 8.09. The van der Waals surface area contributed by atoms with Gasteiger partial charge in [0.2, 0.25) is 5.91 Å². The molecule has 0 saturated carbocycles. The van der Waals surface area contributed by atoms with E-state index in [4.69, 9.17) is 5.73 Å². The highest BCUT2D eigenvalue weighted by molar-refractivity contribution is 5.96. The first kappa shape index (κ1) is 22.6. The summed E-state index contributed by atoms with van der Waals surface area (Å²) in [4.78, 5) is 34.6. The number of carbonyl (C=O) groups excluding carboxylic acids is 3. The van der Waals surface area contributed by atoms with Crippen LogP contribution in [-0.4, -0.2) is 31.0 Å². The van der Waals surface area contributed by atoms with Gasteiger partial charge in [0.1, 0.15) is 5.75 Å². The van der Waals surface area contributed by atoms with E-state index in [-0.39, 0.29) is 24.9 Å². The Hall–Kier alpha value is -3.69. The second kappa shape index (κ2) is 10.7. The molecule has 0 radical (unpaired) electrons. The number of alkyl halides is 2. The van der Waals surface area contributed by atoms with Crippen LogP contribution in [0.5, 0.6) is 5.75 Å². The van der Waals surface area contributed by atoms with Crippen molar-refractivity contribution in [3.8, 4) is 5.75 Å². The molecule has 2 rings (SSSR count). The van der Waals surface area contributed by atoms with E-state index in [0.29, 0.717) is 5.56 Å². The number of benzene rings is 2. The molecule has 0 unspecified atom stereocenters. The molecule has 0 spiro atoms. The third-order valence-electron chi connectivity index (χ3n) is 4.05. The minimum Gasteiger partial charge on any atom is -0.435 e. The molecule has 2 aromatic carbocycles. The van der Waals surface area contributed by atoms with E-state index in [9.17, 15) is 23.2 Å². The molecule has 1 atom stereocenters. The molecule has 0 aromatic heterocycles. The van der Waals surface area contributed by atoms with E-state index in [0.717, 1.165) is 11.1 Å². The van der Waals surface area contributed by atoms with Crippen LogP contribution >= 0.6 is 0 Å². The molecule has 0 aliphatic heterocycles. The molecule has 8 nitrogen and oxygen atoms in total. The predicted octanol–water partition coefficient (Wildman–Crippen LogP) is 2.06. The number of amides is 4. The van der Waals surface area contributed by atoms with Crippen LogP contribution in [0.1, 0.15) is 34.5 Å². The first-order chi connectivity index (χ1) is 14.2. The van der Waals surface area contributed by atoms with Crippen LogP contribution in [0.3, 0.4) is 0 Å². The molecule has 0 aliphatic carbocycles. The van der Waals surface area contributed by atoms with E-state index in [1.807, 2.05) is 0 Å². The van der Waals surface area contributed by atoms with Gasteiger partial charge in [0, 0.05) is 12.1 Å². The summed E-state index contributed by atoms with van der Waals surface area (Å²) in [6.45, 7) is -1.16. The van der Waals surface area contributed by atoms with Crippen LogP contribution < -0.4 is 26.4 Å². The number of hydrogen-bond donors (Lipinski definition) is 4. The zero-order valence-corrected chi connectivity index (χ0v) is 16.2. The number of carbonyl (C=O) groups is 3. The standard InChI is InChI=1S/C20H22F2N4O4/c1-12(14-6-8-16(9-7-14)30-19(21)22)26-20(29)25-10-13-2-4-15(5-3-13)18(28)24-11-17(23)27/h2-9,12,19H,10-11H2,1H3,(H2,23,27)(H,24,28)(H2,25,26,29)/t12-/m0/s1. The lowest BCUT2D eigenvalue weighted by Crippen LogP contribution is -2.36. The first-order valence-electron chi connectivity index (χ1n) is 8.99. The fourth-order valence-corrected chi connectivity index (χ4v) is 2.49. The van der Waals surface area contributed by atoms with E-state index >= 15 is 0 Å². The summed E-state index contributed by atoms with van der Waals surface area (Å²) in [5, 5.41) is 7.81. The van der Waals surface area contributed by atoms with Gasteiger partial charge in [-0.05, 0) is 42.3 Å². The molecule has 30 heavy (non-hydrogen) atoms. The zero-order chi connectivity index (χ0) is 22.1. The van der Waals surface area contributed by atoms with Gasteiger partial charge < -0.3 is 26.4 Å². The third kappa shape index (κ3) is 7.38. The highest BCUT2D eigenvalue weighted by Gasteiger charge is 2.11. The van der Waals surface area contributed by atoms with E-state index in [1.165, 1.54) is 12.1 Å². The molecular weight excluding hydrogens is 398 g/mol. The number of halogens is 2. The number of hydrogen-bond acceptors (Lipinski definition) is 4. The van der Waals surface area contributed by atoms with Gasteiger partial charge in [0.25, 0.3) is 5.91 Å². The van der Waals surface area contributed by atoms with Crippen molar-refractivity contribution in [2.24, 2.45) is 5.73 Å². The van der Waals surface area contributed by atoms with Gasteiger partial charge in [-0.1, -0.05) is 24.3 Å². The Bertz CT molecular complexity index is 873. The molecule has 4 amide bonds. The Balaban J connectivity index is 1.81. The maximum Gasteiger partial charge on any atom is 0.387 e. The summed E-state index contributed by atoms with van der Waals surface area (Å²) in [6, 6.07) is 11.7. The van der Waals surface area contributed by atoms with Gasteiger partial charge in [-0.25, -0.2) is 4.79 Å². The molecule has 0 fully saturated rings. The summed E-state index contributed by atoms with van der Waals surface area (Å²) >= 11 is 0. The highest BCUT2D eigenvalue weighted by Crippen LogP contribution is 2.19. The number of urea groups is 1. The van der Waals surface area contributed by atoms with Crippen molar-refractivity contribution in [3.05, 3.63) is 65.2 Å². The van der Waals surface area contributed by atoms with Crippen molar-refractivity contribution >= 4 is 17.8 Å². The van der Waals surface area contributed by atoms with Crippen molar-refractivity contribution < 1.29 is 27.9 Å². The molecule has 5 N–H and O–H groups in total. The van der Waals surface area contributed by atoms with Crippen molar-refractivity contribution in [2.45, 2.75) is 26.1 Å². The van der Waals surface area contributed by atoms with E-state index in [2.05, 4.69) is 20.7 Å². The van der Waals surface area contributed by atoms with Gasteiger partial charge in [-0.15, -0.1) is 0 Å². The van der Waals surface area contributed by atoms with Gasteiger partial charge in [0.05, 0.1) is 12.6 Å². The summed E-state index contributed by atoms with van der Waals surface area (Å²) in [5.74, 6) is -1.02. The van der Waals surface area contributed by atoms with Crippen molar-refractivity contribution in [1.82, 2.24) is 16.0 Å². The number of rotatable bonds is 9. The highest BCUT2D eigenvalue weighted by atomic mass is 19.3. The number of primary amides is 1. The van der Waals surface area contributed by atoms with Crippen LogP contribution in [0.2, 0.25) is 0 Å². The molecule has 0 saturated heterocycles. The Morgan fingerprint density at radius 3 is 2.20 bits per heavy atom. The SMILES string of the molecule is C[C@H](NC(=O)NCc1ccc(C(=O)NCC(N)=O)cc1)c1ccc(OC(F)F)cc1. The van der Waals surface area contributed by atoms with Crippen LogP contribution in [0, 0.1) is 0 Å². The second-order valence-electron chi connectivity index (χ2n) is 6.34. The lowest BCUT2D eigenvalue weighted by molar-refractivity contribution is -0.117. The largest absolute Gasteiger partial charge is 0.435 e. The summed E-state index contributed by atoms with van der Waals surface area (Å²) in [7, 11) is 0. The van der Waals surface area contributed by atoms with Gasteiger partial charge in [0.15, 0.2) is 0 Å². The van der Waals surface area contributed by atoms with Crippen LogP contribution in [0.15, 0.2) is 48.5 Å². The quantitative estimate of drug-likeness (QED) is 0.496. The van der Waals surface area contributed by atoms with Crippen molar-refractivity contribution in [3.63, 3.8) is 0 Å². The van der Waals surface area contributed by atoms with E-state index in [1.54, 1.807) is 43.3 Å². The van der Waals surface area contributed by atoms with Crippen LogP contribution in [-0.2, 0) is 11.3 Å². The normalized spacial score (nSPS) is 11.5. The monoisotopic (exact) mass is 420 g/mol. The molecule has 0 heterocycles. The van der Waals surface area contributed by atoms with Crippen molar-refractivity contribution in [2.75, 3.05) is 6.54 Å². The van der Waals surface area contributed by atoms with Crippen LogP contribution in [0.4, 0.5) is 13.6 Å². The number of ether oxygens (including phenoxy) is 1. The lowest BCUT2D eigenvalue weighted by atomic mass is 10.1. The molecular formula is C20H22F2N4O4. The minimum atomic E-state index is -2.89. The minimum absolute atomic E-state index is 0.0390. The third-order valence-corrected chi connectivity index (χ3v) is 4.05. The van der Waals surface area contributed by atoms with Gasteiger partial charge in [-0.2, -0.15) is 8.78 Å². The summed E-state index contributed by atoms with van der Waals surface area (Å²) in [5.41, 5.74) is 6.81. The predicted molar refractivity (Wildman–Crippen MR) is 105 cm³/mol. The zero-order valence-electron chi connectivity index (χ0n) is 16.2. The van der Waals surface area contributed by atoms with Gasteiger partial charge in [-0.3, -0.25) is 9.59 Å². The molecule has 0 aliphatic rings. The smallest absolute Gasteiger partial charge is 0.387 e. The average molecular weight is 420 g/mol. The summed E-state index contributed by atoms with van der Waals surface area (Å²) < 4.78 is 28.6.